The predicted molar refractivity (Wildman–Crippen MR) is 211 cm³/mol. The Morgan fingerprint density at radius 1 is 0.415 bits per heavy atom. The van der Waals surface area contributed by atoms with Gasteiger partial charge in [0.05, 0.1) is 26.4 Å². The Labute approximate surface area is 362 Å². The summed E-state index contributed by atoms with van der Waals surface area (Å²) in [6, 6.07) is 27.2. The van der Waals surface area contributed by atoms with E-state index >= 15 is 0 Å². The van der Waals surface area contributed by atoms with Gasteiger partial charge < -0.3 is 42.8 Å². The Balaban J connectivity index is 0.857. The number of nitrogens with zero attached hydrogens (tertiary/aromatic N) is 12. The van der Waals surface area contributed by atoms with Crippen LogP contribution in [-0.2, 0) is 42.7 Å². The molecular formula is C38H34N12O15. The average Bonchev–Trinajstić information content (AvgIpc) is 4.12. The molecule has 2 unspecified atom stereocenters. The van der Waals surface area contributed by atoms with Crippen molar-refractivity contribution < 1.29 is 71.7 Å². The van der Waals surface area contributed by atoms with Gasteiger partial charge in [-0.05, 0) is 69.4 Å². The molecule has 0 aliphatic carbocycles. The van der Waals surface area contributed by atoms with E-state index in [1.165, 1.54) is 0 Å². The van der Waals surface area contributed by atoms with Crippen LogP contribution < -0.4 is 19.4 Å². The minimum atomic E-state index is -1.18. The fourth-order valence-electron chi connectivity index (χ4n) is 5.62. The van der Waals surface area contributed by atoms with E-state index in [1.54, 1.807) is 97.1 Å². The summed E-state index contributed by atoms with van der Waals surface area (Å²) in [5.41, 5.74) is 3.66. The van der Waals surface area contributed by atoms with Crippen molar-refractivity contribution in [1.82, 2.24) is 60.6 Å². The van der Waals surface area contributed by atoms with Crippen molar-refractivity contribution in [3.63, 3.8) is 0 Å². The van der Waals surface area contributed by atoms with Gasteiger partial charge in [0, 0.05) is 0 Å². The molecule has 4 heterocycles. The number of rotatable bonds is 22. The van der Waals surface area contributed by atoms with Gasteiger partial charge >= 0.3 is 24.2 Å². The summed E-state index contributed by atoms with van der Waals surface area (Å²) >= 11 is 0. The number of carbonyl (C=O) groups is 4. The van der Waals surface area contributed by atoms with Gasteiger partial charge in [-0.1, -0.05) is 67.9 Å². The van der Waals surface area contributed by atoms with Crippen LogP contribution in [0.1, 0.15) is 0 Å². The number of aromatic nitrogens is 12. The minimum absolute atomic E-state index is 0.265. The summed E-state index contributed by atoms with van der Waals surface area (Å²) in [6.45, 7) is -3.58. The van der Waals surface area contributed by atoms with E-state index in [9.17, 15) is 19.2 Å². The second-order valence-electron chi connectivity index (χ2n) is 13.1. The highest BCUT2D eigenvalue weighted by Gasteiger charge is 2.21. The van der Waals surface area contributed by atoms with Gasteiger partial charge in [-0.15, -0.1) is 20.4 Å². The monoisotopic (exact) mass is 898 g/mol. The average molecular weight is 899 g/mol. The molecule has 0 spiro atoms. The van der Waals surface area contributed by atoms with Crippen molar-refractivity contribution in [2.24, 2.45) is 0 Å². The van der Waals surface area contributed by atoms with E-state index in [1.807, 2.05) is 0 Å². The van der Waals surface area contributed by atoms with E-state index in [0.29, 0.717) is 44.1 Å². The Morgan fingerprint density at radius 2 is 0.723 bits per heavy atom. The van der Waals surface area contributed by atoms with Crippen molar-refractivity contribution in [3.05, 3.63) is 97.1 Å². The van der Waals surface area contributed by atoms with Gasteiger partial charge in [0.2, 0.25) is 0 Å². The smallest absolute Gasteiger partial charge is 0.405 e. The predicted octanol–water partition coefficient (Wildman–Crippen LogP) is 0.542. The molecule has 27 heteroatoms. The molecule has 65 heavy (non-hydrogen) atoms. The number of fused-ring (bicyclic) bond motifs is 4. The molecule has 0 radical (unpaired) electrons. The van der Waals surface area contributed by atoms with E-state index in [-0.39, 0.29) is 26.4 Å². The standard InChI is InChI=1S/C38H34N12O15/c51-35(62-47-31-13-5-1-9-27(31)39-43-47)21-56-19-25(58-23-60-37(53)64-49-33-15-7-3-11-29(33)41-45-49)17-55-18-26(20-57-22-36(52)63-48-32-14-6-2-10-28(32)40-44-48)59-24-61-38(54)65-50-34-16-8-4-12-30(34)42-46-50/h1-16,25-26H,17-24H2. The van der Waals surface area contributed by atoms with E-state index in [4.69, 9.17) is 52.5 Å². The quantitative estimate of drug-likeness (QED) is 0.0509. The fraction of sp³-hybridized carbons (Fsp3) is 0.263. The molecule has 0 saturated carbocycles. The van der Waals surface area contributed by atoms with Crippen molar-refractivity contribution in [2.75, 3.05) is 53.2 Å². The molecule has 0 N–H and O–H groups in total. The molecule has 0 aliphatic heterocycles. The first-order valence-corrected chi connectivity index (χ1v) is 19.2. The van der Waals surface area contributed by atoms with Crippen molar-refractivity contribution in [2.45, 2.75) is 12.2 Å². The summed E-state index contributed by atoms with van der Waals surface area (Å²) in [5, 5.41) is 30.8. The van der Waals surface area contributed by atoms with Crippen LogP contribution in [-0.4, -0.2) is 150 Å². The molecule has 8 rings (SSSR count). The summed E-state index contributed by atoms with van der Waals surface area (Å²) < 4.78 is 38.5. The minimum Gasteiger partial charge on any atom is -0.405 e. The first-order valence-electron chi connectivity index (χ1n) is 19.2. The van der Waals surface area contributed by atoms with Crippen LogP contribution in [0, 0.1) is 0 Å². The molecular weight excluding hydrogens is 864 g/mol. The Bertz CT molecular complexity index is 2500. The highest BCUT2D eigenvalue weighted by Crippen LogP contribution is 2.12. The van der Waals surface area contributed by atoms with Crippen molar-refractivity contribution in [1.29, 1.82) is 0 Å². The summed E-state index contributed by atoms with van der Waals surface area (Å²) in [4.78, 5) is 74.6. The molecule has 0 bridgehead atoms. The fourth-order valence-corrected chi connectivity index (χ4v) is 5.62. The van der Waals surface area contributed by atoms with Crippen LogP contribution >= 0.6 is 0 Å². The van der Waals surface area contributed by atoms with Crippen LogP contribution in [0.25, 0.3) is 44.1 Å². The molecule has 4 aromatic heterocycles. The lowest BCUT2D eigenvalue weighted by atomic mass is 10.3. The lowest BCUT2D eigenvalue weighted by Gasteiger charge is -2.21. The number of hydrogen-bond acceptors (Lipinski definition) is 23. The normalized spacial score (nSPS) is 12.3. The number of benzene rings is 4. The third-order valence-corrected chi connectivity index (χ3v) is 8.60. The maximum atomic E-state index is 12.6. The van der Waals surface area contributed by atoms with Crippen LogP contribution in [0.4, 0.5) is 9.59 Å². The van der Waals surface area contributed by atoms with E-state index in [0.717, 1.165) is 19.4 Å². The first kappa shape index (κ1) is 43.4. The second kappa shape index (κ2) is 21.2. The Hall–Kier alpha value is -8.24. The largest absolute Gasteiger partial charge is 0.537 e. The summed E-state index contributed by atoms with van der Waals surface area (Å²) in [6.07, 6.45) is -4.37. The molecule has 0 aliphatic rings. The molecule has 0 saturated heterocycles. The van der Waals surface area contributed by atoms with Crippen LogP contribution in [0.5, 0.6) is 0 Å². The molecule has 8 aromatic rings. The number of para-hydroxylation sites is 4. The van der Waals surface area contributed by atoms with Gasteiger partial charge in [0.15, 0.2) is 13.6 Å². The maximum absolute atomic E-state index is 12.6. The zero-order valence-electron chi connectivity index (χ0n) is 33.5. The highest BCUT2D eigenvalue weighted by atomic mass is 16.9. The van der Waals surface area contributed by atoms with Gasteiger partial charge in [0.25, 0.3) is 0 Å². The van der Waals surface area contributed by atoms with E-state index in [2.05, 4.69) is 41.2 Å². The van der Waals surface area contributed by atoms with Crippen molar-refractivity contribution >= 4 is 68.4 Å². The molecule has 336 valence electrons. The number of carbonyl (C=O) groups excluding carboxylic acids is 4. The van der Waals surface area contributed by atoms with Gasteiger partial charge in [-0.2, -0.15) is 0 Å². The number of ether oxygens (including phenoxy) is 7. The van der Waals surface area contributed by atoms with E-state index < -0.39 is 63.3 Å². The van der Waals surface area contributed by atoms with Crippen LogP contribution in [0.3, 0.4) is 0 Å². The van der Waals surface area contributed by atoms with Gasteiger partial charge in [0.1, 0.15) is 69.6 Å². The maximum Gasteiger partial charge on any atom is 0.537 e. The topological polar surface area (TPSA) is 293 Å². The third-order valence-electron chi connectivity index (χ3n) is 8.60. The zero-order chi connectivity index (χ0) is 44.8. The summed E-state index contributed by atoms with van der Waals surface area (Å²) in [7, 11) is 0. The second-order valence-corrected chi connectivity index (χ2v) is 13.1. The van der Waals surface area contributed by atoms with Crippen LogP contribution in [0.15, 0.2) is 97.1 Å². The van der Waals surface area contributed by atoms with Gasteiger partial charge in [-0.3, -0.25) is 9.68 Å². The Kier molecular flexibility index (Phi) is 14.2. The third kappa shape index (κ3) is 11.6. The first-order chi connectivity index (χ1) is 31.9. The van der Waals surface area contributed by atoms with Gasteiger partial charge in [-0.25, -0.2) is 19.2 Å². The molecule has 4 aromatic carbocycles. The van der Waals surface area contributed by atoms with Crippen molar-refractivity contribution in [3.8, 4) is 0 Å². The molecule has 0 fully saturated rings. The lowest BCUT2D eigenvalue weighted by Crippen LogP contribution is -2.34. The SMILES string of the molecule is O=C(COCC(COCC(COCC(=O)On1nnc2ccccc21)OCOC(=O)On1nnc2ccccc21)OCOC(=O)On1nnc2ccccc21)On1nnc2ccccc21. The summed E-state index contributed by atoms with van der Waals surface area (Å²) in [5.74, 6) is -1.64. The zero-order valence-corrected chi connectivity index (χ0v) is 33.5. The molecule has 27 nitrogen and oxygen atoms in total. The highest BCUT2D eigenvalue weighted by molar-refractivity contribution is 5.78. The number of hydrogen-bond donors (Lipinski definition) is 0. The molecule has 2 atom stereocenters. The lowest BCUT2D eigenvalue weighted by molar-refractivity contribution is -0.160. The Morgan fingerprint density at radius 3 is 1.08 bits per heavy atom. The molecule has 0 amide bonds. The van der Waals surface area contributed by atoms with Crippen LogP contribution in [0.2, 0.25) is 0 Å².